The van der Waals surface area contributed by atoms with Gasteiger partial charge in [-0.15, -0.1) is 5.10 Å². The van der Waals surface area contributed by atoms with E-state index in [0.29, 0.717) is 31.9 Å². The van der Waals surface area contributed by atoms with Crippen molar-refractivity contribution < 1.29 is 29.3 Å². The fourth-order valence-corrected chi connectivity index (χ4v) is 5.91. The number of ether oxygens (including phenoxy) is 2. The van der Waals surface area contributed by atoms with E-state index < -0.39 is 29.7 Å². The number of aryl methyl sites for hydroxylation is 1. The third-order valence-corrected chi connectivity index (χ3v) is 7.69. The highest BCUT2D eigenvalue weighted by Gasteiger charge is 2.48. The number of rotatable bonds is 11. The van der Waals surface area contributed by atoms with Crippen molar-refractivity contribution in [3.63, 3.8) is 0 Å². The van der Waals surface area contributed by atoms with Gasteiger partial charge in [-0.3, -0.25) is 4.79 Å². The van der Waals surface area contributed by atoms with Crippen LogP contribution in [0.1, 0.15) is 69.7 Å². The van der Waals surface area contributed by atoms with E-state index in [4.69, 9.17) is 9.47 Å². The molecule has 11 heteroatoms. The molecular formula is C30H47N5O6. The molecule has 11 nitrogen and oxygen atoms in total. The molecule has 1 aliphatic heterocycles. The fraction of sp³-hybridized carbons (Fsp3) is 0.667. The zero-order valence-corrected chi connectivity index (χ0v) is 25.7. The molecule has 2 aromatic rings. The summed E-state index contributed by atoms with van der Waals surface area (Å²) in [6, 6.07) is 6.85. The van der Waals surface area contributed by atoms with Crippen LogP contribution in [0.3, 0.4) is 0 Å². The molecule has 0 spiro atoms. The molecular weight excluding hydrogens is 526 g/mol. The van der Waals surface area contributed by atoms with Crippen molar-refractivity contribution in [2.45, 2.75) is 79.7 Å². The lowest BCUT2D eigenvalue weighted by Gasteiger charge is -2.52. The van der Waals surface area contributed by atoms with E-state index in [1.807, 2.05) is 65.8 Å². The van der Waals surface area contributed by atoms with Gasteiger partial charge in [0.2, 0.25) is 0 Å². The highest BCUT2D eigenvalue weighted by molar-refractivity contribution is 5.93. The molecule has 1 aromatic carbocycles. The zero-order chi connectivity index (χ0) is 30.5. The standard InChI is InChI=1S/C30H47N5O6/c1-19(2)16-33(22-15-23(21(4)36)27(30(5,6)7)34(17-22)29(38)39)28(37)26-25(18-41-14-13-40-8)35(32-31-26)24-12-10-9-11-20(24)3/h9-12,19,21-23,27,36H,13-18H2,1-8H3,(H,38,39)/t21?,22-,23-,27?/m0/s1. The molecule has 1 saturated heterocycles. The lowest BCUT2D eigenvalue weighted by Crippen LogP contribution is -2.63. The second-order valence-electron chi connectivity index (χ2n) is 12.5. The molecule has 0 radical (unpaired) electrons. The molecule has 3 rings (SSSR count). The number of hydrogen-bond acceptors (Lipinski definition) is 7. The Kier molecular flexibility index (Phi) is 10.9. The number of amides is 2. The van der Waals surface area contributed by atoms with Crippen molar-refractivity contribution in [3.05, 3.63) is 41.2 Å². The van der Waals surface area contributed by atoms with Gasteiger partial charge in [-0.1, -0.05) is 58.0 Å². The first-order valence-electron chi connectivity index (χ1n) is 14.3. The number of hydrogen-bond donors (Lipinski definition) is 2. The third-order valence-electron chi connectivity index (χ3n) is 7.69. The van der Waals surface area contributed by atoms with Crippen LogP contribution in [0, 0.1) is 24.2 Å². The van der Waals surface area contributed by atoms with Gasteiger partial charge in [-0.2, -0.15) is 0 Å². The second kappa shape index (κ2) is 13.8. The predicted molar refractivity (Wildman–Crippen MR) is 155 cm³/mol. The van der Waals surface area contributed by atoms with Gasteiger partial charge in [0.1, 0.15) is 5.69 Å². The number of benzene rings is 1. The smallest absolute Gasteiger partial charge is 0.407 e. The van der Waals surface area contributed by atoms with Gasteiger partial charge in [0.15, 0.2) is 5.69 Å². The van der Waals surface area contributed by atoms with E-state index in [-0.39, 0.29) is 36.6 Å². The number of aliphatic hydroxyl groups is 1. The van der Waals surface area contributed by atoms with Crippen molar-refractivity contribution in [2.24, 2.45) is 17.3 Å². The Morgan fingerprint density at radius 1 is 1.17 bits per heavy atom. The van der Waals surface area contributed by atoms with Crippen LogP contribution in [0.15, 0.2) is 24.3 Å². The maximum Gasteiger partial charge on any atom is 0.407 e. The molecule has 0 saturated carbocycles. The van der Waals surface area contributed by atoms with Gasteiger partial charge in [-0.25, -0.2) is 9.48 Å². The summed E-state index contributed by atoms with van der Waals surface area (Å²) in [6.07, 6.45) is -1.35. The largest absolute Gasteiger partial charge is 0.465 e. The van der Waals surface area contributed by atoms with Crippen LogP contribution in [0.25, 0.3) is 5.69 Å². The van der Waals surface area contributed by atoms with Crippen molar-refractivity contribution in [1.29, 1.82) is 0 Å². The van der Waals surface area contributed by atoms with Gasteiger partial charge in [0.05, 0.1) is 37.7 Å². The van der Waals surface area contributed by atoms with E-state index in [9.17, 15) is 19.8 Å². The number of aliphatic hydroxyl groups excluding tert-OH is 1. The number of likely N-dealkylation sites (tertiary alicyclic amines) is 1. The summed E-state index contributed by atoms with van der Waals surface area (Å²) in [6.45, 7) is 15.0. The SMILES string of the molecule is COCCOCc1c(C(=O)N(CC(C)C)[C@H]2C[C@@H](C(C)O)C(C(C)(C)C)N(C(=O)O)C2)nnn1-c1ccccc1C. The number of carbonyl (C=O) groups is 2. The number of aromatic nitrogens is 3. The fourth-order valence-electron chi connectivity index (χ4n) is 5.91. The Morgan fingerprint density at radius 3 is 2.41 bits per heavy atom. The molecule has 1 aliphatic rings. The molecule has 0 bridgehead atoms. The monoisotopic (exact) mass is 573 g/mol. The normalized spacial score (nSPS) is 20.3. The minimum atomic E-state index is -1.06. The highest BCUT2D eigenvalue weighted by Crippen LogP contribution is 2.39. The van der Waals surface area contributed by atoms with Crippen LogP contribution in [0.5, 0.6) is 0 Å². The summed E-state index contributed by atoms with van der Waals surface area (Å²) >= 11 is 0. The molecule has 228 valence electrons. The van der Waals surface area contributed by atoms with E-state index >= 15 is 0 Å². The number of piperidine rings is 1. The average Bonchev–Trinajstić information content (AvgIpc) is 3.31. The Hall–Kier alpha value is -3.02. The number of para-hydroxylation sites is 1. The predicted octanol–water partition coefficient (Wildman–Crippen LogP) is 4.00. The van der Waals surface area contributed by atoms with Crippen LogP contribution >= 0.6 is 0 Å². The second-order valence-corrected chi connectivity index (χ2v) is 12.5. The van der Waals surface area contributed by atoms with E-state index in [1.165, 1.54) is 4.90 Å². The highest BCUT2D eigenvalue weighted by atomic mass is 16.5. The Bertz CT molecular complexity index is 1170. The van der Waals surface area contributed by atoms with Crippen molar-refractivity contribution in [2.75, 3.05) is 33.4 Å². The summed E-state index contributed by atoms with van der Waals surface area (Å²) in [5, 5.41) is 29.8. The average molecular weight is 574 g/mol. The van der Waals surface area contributed by atoms with Crippen LogP contribution in [0.2, 0.25) is 0 Å². The van der Waals surface area contributed by atoms with E-state index in [1.54, 1.807) is 23.6 Å². The first kappa shape index (κ1) is 32.5. The Morgan fingerprint density at radius 2 is 1.85 bits per heavy atom. The van der Waals surface area contributed by atoms with Gasteiger partial charge in [0.25, 0.3) is 5.91 Å². The lowest BCUT2D eigenvalue weighted by molar-refractivity contribution is -0.0525. The maximum atomic E-state index is 14.4. The molecule has 2 heterocycles. The molecule has 2 amide bonds. The topological polar surface area (TPSA) is 130 Å². The molecule has 41 heavy (non-hydrogen) atoms. The molecule has 4 atom stereocenters. The van der Waals surface area contributed by atoms with Gasteiger partial charge in [-0.05, 0) is 43.2 Å². The number of carbonyl (C=O) groups excluding carboxylic acids is 1. The Balaban J connectivity index is 2.06. The minimum absolute atomic E-state index is 0.0929. The first-order valence-corrected chi connectivity index (χ1v) is 14.3. The van der Waals surface area contributed by atoms with Crippen molar-refractivity contribution >= 4 is 12.0 Å². The minimum Gasteiger partial charge on any atom is -0.465 e. The third kappa shape index (κ3) is 7.64. The molecule has 1 aromatic heterocycles. The maximum absolute atomic E-state index is 14.4. The lowest BCUT2D eigenvalue weighted by atomic mass is 9.71. The van der Waals surface area contributed by atoms with Crippen LogP contribution in [0.4, 0.5) is 4.79 Å². The molecule has 0 aliphatic carbocycles. The summed E-state index contributed by atoms with van der Waals surface area (Å²) in [5.41, 5.74) is 2.03. The first-order chi connectivity index (χ1) is 19.3. The van der Waals surface area contributed by atoms with E-state index in [2.05, 4.69) is 10.3 Å². The summed E-state index contributed by atoms with van der Waals surface area (Å²) in [4.78, 5) is 30.0. The molecule has 1 fully saturated rings. The Labute approximate surface area is 243 Å². The molecule has 2 N–H and O–H groups in total. The molecule has 2 unspecified atom stereocenters. The van der Waals surface area contributed by atoms with Gasteiger partial charge in [0, 0.05) is 32.2 Å². The summed E-state index contributed by atoms with van der Waals surface area (Å²) in [5.74, 6) is -0.583. The zero-order valence-electron chi connectivity index (χ0n) is 25.7. The number of carboxylic acid groups (broad SMARTS) is 1. The number of methoxy groups -OCH3 is 1. The van der Waals surface area contributed by atoms with Gasteiger partial charge >= 0.3 is 6.09 Å². The van der Waals surface area contributed by atoms with Crippen molar-refractivity contribution in [1.82, 2.24) is 24.8 Å². The van der Waals surface area contributed by atoms with Crippen LogP contribution in [-0.2, 0) is 16.1 Å². The number of nitrogens with zero attached hydrogens (tertiary/aromatic N) is 5. The quantitative estimate of drug-likeness (QED) is 0.386. The van der Waals surface area contributed by atoms with E-state index in [0.717, 1.165) is 11.3 Å². The van der Waals surface area contributed by atoms with Crippen LogP contribution < -0.4 is 0 Å². The van der Waals surface area contributed by atoms with Gasteiger partial charge < -0.3 is 29.5 Å². The van der Waals surface area contributed by atoms with Crippen molar-refractivity contribution in [3.8, 4) is 5.69 Å². The summed E-state index contributed by atoms with van der Waals surface area (Å²) < 4.78 is 12.6. The van der Waals surface area contributed by atoms with Crippen LogP contribution in [-0.4, -0.2) is 98.6 Å². The summed E-state index contributed by atoms with van der Waals surface area (Å²) in [7, 11) is 1.59.